The number of thioether (sulfide) groups is 1. The highest BCUT2D eigenvalue weighted by Gasteiger charge is 2.24. The summed E-state index contributed by atoms with van der Waals surface area (Å²) in [6.07, 6.45) is 8.58. The second-order valence-corrected chi connectivity index (χ2v) is 11.1. The quantitative estimate of drug-likeness (QED) is 0.678. The van der Waals surface area contributed by atoms with Gasteiger partial charge in [-0.2, -0.15) is 16.9 Å². The van der Waals surface area contributed by atoms with E-state index in [1.54, 1.807) is 6.08 Å². The van der Waals surface area contributed by atoms with Crippen molar-refractivity contribution in [2.24, 2.45) is 5.92 Å². The fraction of sp³-hybridized carbons (Fsp3) is 0.522. The molecule has 0 unspecified atom stereocenters. The first-order valence-corrected chi connectivity index (χ1v) is 13.6. The zero-order valence-electron chi connectivity index (χ0n) is 17.6. The molecule has 7 heteroatoms. The summed E-state index contributed by atoms with van der Waals surface area (Å²) >= 11 is 1.88. The lowest BCUT2D eigenvalue weighted by molar-refractivity contribution is 0.303. The molecule has 2 aromatic rings. The van der Waals surface area contributed by atoms with Crippen LogP contribution in [0, 0.1) is 5.92 Å². The van der Waals surface area contributed by atoms with Gasteiger partial charge < -0.3 is 0 Å². The summed E-state index contributed by atoms with van der Waals surface area (Å²) in [5.74, 6) is 2.39. The van der Waals surface area contributed by atoms with Gasteiger partial charge in [0.05, 0.1) is 17.9 Å². The number of nitrogens with zero attached hydrogens (tertiary/aromatic N) is 2. The second-order valence-electron chi connectivity index (χ2n) is 8.41. The third kappa shape index (κ3) is 5.37. The molecule has 1 aliphatic carbocycles. The summed E-state index contributed by atoms with van der Waals surface area (Å²) in [5.41, 5.74) is 4.35. The second kappa shape index (κ2) is 9.71. The number of hydrogen-bond acceptors (Lipinski definition) is 4. The number of sulfonamides is 1. The highest BCUT2D eigenvalue weighted by atomic mass is 32.2. The minimum absolute atomic E-state index is 0.0290. The molecule has 5 nitrogen and oxygen atoms in total. The van der Waals surface area contributed by atoms with Crippen LogP contribution in [-0.4, -0.2) is 30.0 Å². The van der Waals surface area contributed by atoms with Crippen molar-refractivity contribution >= 4 is 27.9 Å². The zero-order chi connectivity index (χ0) is 21.0. The molecule has 30 heavy (non-hydrogen) atoms. The van der Waals surface area contributed by atoms with Crippen LogP contribution in [0.1, 0.15) is 61.5 Å². The van der Waals surface area contributed by atoms with E-state index in [2.05, 4.69) is 16.9 Å². The van der Waals surface area contributed by atoms with Crippen LogP contribution in [-0.2, 0) is 28.7 Å². The van der Waals surface area contributed by atoms with Gasteiger partial charge in [-0.3, -0.25) is 4.68 Å². The molecular weight excluding hydrogens is 414 g/mol. The van der Waals surface area contributed by atoms with Gasteiger partial charge >= 0.3 is 0 Å². The van der Waals surface area contributed by atoms with E-state index in [9.17, 15) is 8.42 Å². The third-order valence-electron chi connectivity index (χ3n) is 6.19. The maximum absolute atomic E-state index is 12.8. The van der Waals surface area contributed by atoms with E-state index >= 15 is 0 Å². The van der Waals surface area contributed by atoms with Crippen molar-refractivity contribution in [3.05, 3.63) is 58.3 Å². The van der Waals surface area contributed by atoms with Gasteiger partial charge in [0.15, 0.2) is 0 Å². The minimum atomic E-state index is -3.50. The Morgan fingerprint density at radius 3 is 2.77 bits per heavy atom. The molecule has 0 bridgehead atoms. The van der Waals surface area contributed by atoms with Gasteiger partial charge in [-0.1, -0.05) is 49.6 Å². The van der Waals surface area contributed by atoms with Gasteiger partial charge in [-0.25, -0.2) is 13.1 Å². The van der Waals surface area contributed by atoms with Crippen molar-refractivity contribution in [2.45, 2.75) is 63.8 Å². The molecule has 0 radical (unpaired) electrons. The molecule has 2 aliphatic rings. The van der Waals surface area contributed by atoms with Crippen molar-refractivity contribution in [2.75, 3.05) is 5.75 Å². The van der Waals surface area contributed by atoms with Crippen LogP contribution in [0.25, 0.3) is 6.08 Å². The molecule has 0 spiro atoms. The predicted molar refractivity (Wildman–Crippen MR) is 125 cm³/mol. The Labute approximate surface area is 184 Å². The van der Waals surface area contributed by atoms with Crippen LogP contribution >= 0.6 is 11.8 Å². The van der Waals surface area contributed by atoms with Gasteiger partial charge in [0.1, 0.15) is 0 Å². The standard InChI is InChI=1S/C23H31N3O2S2/c1-18(20-10-6-3-7-11-20)25-30(27,28)15-13-23-21-17-29-14-12-22(21)24-26(23)16-19-8-4-2-5-9-19/h2,4-5,8-9,13,15,18,20,25H,3,6-7,10-12,14,16-17H2,1H3/b15-13+/t18-/m0/s1. The van der Waals surface area contributed by atoms with E-state index in [-0.39, 0.29) is 6.04 Å². The Morgan fingerprint density at radius 1 is 1.23 bits per heavy atom. The largest absolute Gasteiger partial charge is 0.260 e. The van der Waals surface area contributed by atoms with Crippen molar-refractivity contribution in [1.29, 1.82) is 0 Å². The van der Waals surface area contributed by atoms with Crippen molar-refractivity contribution in [1.82, 2.24) is 14.5 Å². The molecular formula is C23H31N3O2S2. The fourth-order valence-corrected chi connectivity index (χ4v) is 6.61. The lowest BCUT2D eigenvalue weighted by Gasteiger charge is -2.27. The van der Waals surface area contributed by atoms with Crippen LogP contribution in [0.15, 0.2) is 35.7 Å². The lowest BCUT2D eigenvalue weighted by atomic mass is 9.85. The molecule has 1 atom stereocenters. The molecule has 1 aromatic carbocycles. The number of nitrogens with one attached hydrogen (secondary N) is 1. The average molecular weight is 446 g/mol. The number of rotatable bonds is 7. The zero-order valence-corrected chi connectivity index (χ0v) is 19.2. The van der Waals surface area contributed by atoms with Gasteiger partial charge in [0.2, 0.25) is 10.0 Å². The molecule has 162 valence electrons. The van der Waals surface area contributed by atoms with Crippen LogP contribution in [0.5, 0.6) is 0 Å². The Bertz CT molecular complexity index is 977. The van der Waals surface area contributed by atoms with Gasteiger partial charge in [-0.15, -0.1) is 0 Å². The molecule has 1 aliphatic heterocycles. The monoisotopic (exact) mass is 445 g/mol. The highest BCUT2D eigenvalue weighted by Crippen LogP contribution is 2.29. The van der Waals surface area contributed by atoms with Crippen LogP contribution < -0.4 is 4.72 Å². The molecule has 0 amide bonds. The summed E-state index contributed by atoms with van der Waals surface area (Å²) in [6, 6.07) is 10.2. The Balaban J connectivity index is 1.54. The molecule has 1 fully saturated rings. The maximum atomic E-state index is 12.8. The number of fused-ring (bicyclic) bond motifs is 1. The highest BCUT2D eigenvalue weighted by molar-refractivity contribution is 7.98. The predicted octanol–water partition coefficient (Wildman–Crippen LogP) is 4.58. The smallest absolute Gasteiger partial charge is 0.234 e. The first-order valence-electron chi connectivity index (χ1n) is 10.9. The summed E-state index contributed by atoms with van der Waals surface area (Å²) in [4.78, 5) is 0. The minimum Gasteiger partial charge on any atom is -0.260 e. The summed E-state index contributed by atoms with van der Waals surface area (Å²) in [5, 5.41) is 6.16. The topological polar surface area (TPSA) is 64.0 Å². The SMILES string of the molecule is C[C@H](NS(=O)(=O)/C=C/c1c2c(nn1Cc1ccccc1)CCSC2)C1CCCCC1. The van der Waals surface area contributed by atoms with Gasteiger partial charge in [-0.05, 0) is 43.1 Å². The Hall–Kier alpha value is -1.57. The van der Waals surface area contributed by atoms with Crippen molar-refractivity contribution in [3.63, 3.8) is 0 Å². The average Bonchev–Trinajstić information content (AvgIpc) is 3.10. The van der Waals surface area contributed by atoms with E-state index in [0.29, 0.717) is 12.5 Å². The normalized spacial score (nSPS) is 19.1. The van der Waals surface area contributed by atoms with Crippen LogP contribution in [0.3, 0.4) is 0 Å². The summed E-state index contributed by atoms with van der Waals surface area (Å²) in [6.45, 7) is 2.64. The van der Waals surface area contributed by atoms with Crippen molar-refractivity contribution < 1.29 is 8.42 Å². The van der Waals surface area contributed by atoms with E-state index in [0.717, 1.165) is 47.7 Å². The lowest BCUT2D eigenvalue weighted by Crippen LogP contribution is -2.37. The number of aryl methyl sites for hydroxylation is 1. The summed E-state index contributed by atoms with van der Waals surface area (Å²) in [7, 11) is -3.50. The molecule has 4 rings (SSSR count). The van der Waals surface area contributed by atoms with E-state index in [4.69, 9.17) is 5.10 Å². The van der Waals surface area contributed by atoms with Crippen molar-refractivity contribution in [3.8, 4) is 0 Å². The van der Waals surface area contributed by atoms with E-state index < -0.39 is 10.0 Å². The third-order valence-corrected chi connectivity index (χ3v) is 8.37. The Morgan fingerprint density at radius 2 is 2.00 bits per heavy atom. The Kier molecular flexibility index (Phi) is 7.01. The molecule has 2 heterocycles. The number of benzene rings is 1. The van der Waals surface area contributed by atoms with Gasteiger partial charge in [0.25, 0.3) is 0 Å². The van der Waals surface area contributed by atoms with E-state index in [1.165, 1.54) is 30.2 Å². The van der Waals surface area contributed by atoms with Crippen LogP contribution in [0.4, 0.5) is 0 Å². The maximum Gasteiger partial charge on any atom is 0.234 e. The summed E-state index contributed by atoms with van der Waals surface area (Å²) < 4.78 is 30.4. The van der Waals surface area contributed by atoms with E-state index in [1.807, 2.05) is 41.6 Å². The molecule has 1 aromatic heterocycles. The first-order chi connectivity index (χ1) is 14.5. The number of aromatic nitrogens is 2. The molecule has 1 saturated carbocycles. The number of hydrogen-bond donors (Lipinski definition) is 1. The van der Waals surface area contributed by atoms with Crippen LogP contribution in [0.2, 0.25) is 0 Å². The fourth-order valence-electron chi connectivity index (χ4n) is 4.51. The molecule has 0 saturated heterocycles. The first kappa shape index (κ1) is 21.7. The van der Waals surface area contributed by atoms with Gasteiger partial charge in [0, 0.05) is 29.2 Å². The molecule has 1 N–H and O–H groups in total.